The van der Waals surface area contributed by atoms with E-state index >= 15 is 0 Å². The van der Waals surface area contributed by atoms with E-state index < -0.39 is 26.8 Å². The van der Waals surface area contributed by atoms with Gasteiger partial charge in [-0.3, -0.25) is 0 Å². The van der Waals surface area contributed by atoms with Crippen molar-refractivity contribution in [2.45, 2.75) is 30.7 Å². The molecule has 0 heterocycles. The minimum Gasteiger partial charge on any atom is -0.207 e. The Hall–Kier alpha value is -0.970. The molecule has 0 spiro atoms. The highest BCUT2D eigenvalue weighted by atomic mass is 79.9. The van der Waals surface area contributed by atoms with Crippen LogP contribution in [0.25, 0.3) is 0 Å². The van der Waals surface area contributed by atoms with Crippen LogP contribution < -0.4 is 4.72 Å². The molecule has 1 aliphatic rings. The summed E-state index contributed by atoms with van der Waals surface area (Å²) in [6, 6.07) is 5.43. The van der Waals surface area contributed by atoms with E-state index in [4.69, 9.17) is 5.26 Å². The van der Waals surface area contributed by atoms with Crippen LogP contribution in [0.2, 0.25) is 0 Å². The second-order valence-electron chi connectivity index (χ2n) is 5.26. The molecule has 1 N–H and O–H groups in total. The van der Waals surface area contributed by atoms with Crippen LogP contribution in [-0.2, 0) is 10.0 Å². The third-order valence-corrected chi connectivity index (χ3v) is 5.54. The molecular weight excluding hydrogens is 335 g/mol. The molecule has 0 saturated heterocycles. The molecule has 2 rings (SSSR count). The van der Waals surface area contributed by atoms with Gasteiger partial charge in [0.25, 0.3) is 0 Å². The molecule has 0 amide bonds. The summed E-state index contributed by atoms with van der Waals surface area (Å²) in [7, 11) is -3.85. The number of sulfonamides is 1. The van der Waals surface area contributed by atoms with Gasteiger partial charge in [0.15, 0.2) is 0 Å². The quantitative estimate of drug-likeness (QED) is 0.914. The van der Waals surface area contributed by atoms with Crippen LogP contribution in [0.5, 0.6) is 0 Å². The SMILES string of the molecule is CC1(C)CC1(C#N)NS(=O)(=O)c1ccc(F)c(Br)c1. The Morgan fingerprint density at radius 3 is 2.47 bits per heavy atom. The minimum atomic E-state index is -3.85. The Morgan fingerprint density at radius 1 is 1.47 bits per heavy atom. The van der Waals surface area contributed by atoms with Crippen LogP contribution in [0.15, 0.2) is 27.6 Å². The summed E-state index contributed by atoms with van der Waals surface area (Å²) in [6.07, 6.45) is 0.456. The van der Waals surface area contributed by atoms with E-state index in [-0.39, 0.29) is 9.37 Å². The van der Waals surface area contributed by atoms with Gasteiger partial charge in [0, 0.05) is 5.41 Å². The largest absolute Gasteiger partial charge is 0.242 e. The Labute approximate surface area is 119 Å². The van der Waals surface area contributed by atoms with Crippen molar-refractivity contribution >= 4 is 26.0 Å². The van der Waals surface area contributed by atoms with E-state index in [9.17, 15) is 12.8 Å². The van der Waals surface area contributed by atoms with Gasteiger partial charge in [0.05, 0.1) is 15.4 Å². The molecule has 1 fully saturated rings. The van der Waals surface area contributed by atoms with Gasteiger partial charge in [0.1, 0.15) is 11.4 Å². The molecule has 1 atom stereocenters. The Bertz CT molecular complexity index is 681. The third kappa shape index (κ3) is 2.40. The topological polar surface area (TPSA) is 70.0 Å². The van der Waals surface area contributed by atoms with Gasteiger partial charge in [-0.05, 0) is 40.5 Å². The predicted octanol–water partition coefficient (Wildman–Crippen LogP) is 2.56. The van der Waals surface area contributed by atoms with Crippen LogP contribution in [0.4, 0.5) is 4.39 Å². The zero-order chi connectivity index (χ0) is 14.5. The van der Waals surface area contributed by atoms with E-state index in [1.54, 1.807) is 0 Å². The van der Waals surface area contributed by atoms with Crippen LogP contribution in [0.1, 0.15) is 20.3 Å². The first-order chi connectivity index (χ1) is 8.63. The number of nitrogens with zero attached hydrogens (tertiary/aromatic N) is 1. The predicted molar refractivity (Wildman–Crippen MR) is 71.2 cm³/mol. The Morgan fingerprint density at radius 2 is 2.05 bits per heavy atom. The average molecular weight is 347 g/mol. The second-order valence-corrected chi connectivity index (χ2v) is 7.80. The summed E-state index contributed by atoms with van der Waals surface area (Å²) in [5, 5.41) is 9.15. The van der Waals surface area contributed by atoms with Crippen LogP contribution in [0.3, 0.4) is 0 Å². The van der Waals surface area contributed by atoms with Crippen molar-refractivity contribution in [1.29, 1.82) is 5.26 Å². The van der Waals surface area contributed by atoms with Gasteiger partial charge < -0.3 is 0 Å². The highest BCUT2D eigenvalue weighted by Crippen LogP contribution is 2.55. The molecule has 0 aromatic heterocycles. The number of nitriles is 1. The van der Waals surface area contributed by atoms with Crippen LogP contribution in [0, 0.1) is 22.6 Å². The van der Waals surface area contributed by atoms with Crippen molar-refractivity contribution in [1.82, 2.24) is 4.72 Å². The number of benzene rings is 1. The summed E-state index contributed by atoms with van der Waals surface area (Å²) in [4.78, 5) is -0.0712. The van der Waals surface area contributed by atoms with Crippen molar-refractivity contribution in [3.63, 3.8) is 0 Å². The fraction of sp³-hybridized carbons (Fsp3) is 0.417. The molecule has 1 saturated carbocycles. The Kier molecular flexibility index (Phi) is 3.24. The van der Waals surface area contributed by atoms with E-state index in [0.717, 1.165) is 6.07 Å². The van der Waals surface area contributed by atoms with Gasteiger partial charge in [-0.2, -0.15) is 9.98 Å². The second kappa shape index (κ2) is 4.27. The minimum absolute atomic E-state index is 0.0661. The summed E-state index contributed by atoms with van der Waals surface area (Å²) in [5.41, 5.74) is -1.47. The van der Waals surface area contributed by atoms with Crippen molar-refractivity contribution in [3.8, 4) is 6.07 Å². The summed E-state index contributed by atoms with van der Waals surface area (Å²) < 4.78 is 40.0. The van der Waals surface area contributed by atoms with E-state index in [0.29, 0.717) is 6.42 Å². The first kappa shape index (κ1) is 14.4. The maximum absolute atomic E-state index is 13.1. The summed E-state index contributed by atoms with van der Waals surface area (Å²) in [6.45, 7) is 3.64. The molecule has 7 heteroatoms. The lowest BCUT2D eigenvalue weighted by molar-refractivity contribution is 0.513. The van der Waals surface area contributed by atoms with Crippen LogP contribution >= 0.6 is 15.9 Å². The molecule has 4 nitrogen and oxygen atoms in total. The van der Waals surface area contributed by atoms with E-state index in [1.165, 1.54) is 12.1 Å². The van der Waals surface area contributed by atoms with Crippen molar-refractivity contribution in [2.75, 3.05) is 0 Å². The molecule has 102 valence electrons. The average Bonchev–Trinajstić information content (AvgIpc) is 2.83. The lowest BCUT2D eigenvalue weighted by Crippen LogP contribution is -2.39. The van der Waals surface area contributed by atoms with Gasteiger partial charge in [-0.25, -0.2) is 12.8 Å². The number of halogens is 2. The maximum atomic E-state index is 13.1. The number of nitrogens with one attached hydrogen (secondary N) is 1. The highest BCUT2D eigenvalue weighted by molar-refractivity contribution is 9.10. The monoisotopic (exact) mass is 346 g/mol. The lowest BCUT2D eigenvalue weighted by Gasteiger charge is -2.15. The molecular formula is C12H12BrFN2O2S. The van der Waals surface area contributed by atoms with Gasteiger partial charge in [-0.1, -0.05) is 13.8 Å². The van der Waals surface area contributed by atoms with Gasteiger partial charge in [0.2, 0.25) is 10.0 Å². The molecule has 1 aliphatic carbocycles. The van der Waals surface area contributed by atoms with Crippen LogP contribution in [-0.4, -0.2) is 14.0 Å². The highest BCUT2D eigenvalue weighted by Gasteiger charge is 2.64. The zero-order valence-electron chi connectivity index (χ0n) is 10.4. The molecule has 1 aromatic carbocycles. The normalized spacial score (nSPS) is 24.8. The summed E-state index contributed by atoms with van der Waals surface area (Å²) >= 11 is 2.94. The smallest absolute Gasteiger partial charge is 0.207 e. The maximum Gasteiger partial charge on any atom is 0.242 e. The van der Waals surface area contributed by atoms with Gasteiger partial charge >= 0.3 is 0 Å². The fourth-order valence-electron chi connectivity index (χ4n) is 1.94. The fourth-order valence-corrected chi connectivity index (χ4v) is 3.96. The summed E-state index contributed by atoms with van der Waals surface area (Å²) in [5.74, 6) is -0.541. The van der Waals surface area contributed by atoms with E-state index in [2.05, 4.69) is 20.7 Å². The molecule has 1 aromatic rings. The van der Waals surface area contributed by atoms with E-state index in [1.807, 2.05) is 19.9 Å². The molecule has 0 bridgehead atoms. The lowest BCUT2D eigenvalue weighted by atomic mass is 10.1. The standard InChI is InChI=1S/C12H12BrFN2O2S/c1-11(2)6-12(11,7-15)16-19(17,18)8-3-4-10(14)9(13)5-8/h3-5,16H,6H2,1-2H3. The van der Waals surface area contributed by atoms with Crippen molar-refractivity contribution in [3.05, 3.63) is 28.5 Å². The number of hydrogen-bond donors (Lipinski definition) is 1. The van der Waals surface area contributed by atoms with Crippen molar-refractivity contribution in [2.24, 2.45) is 5.41 Å². The zero-order valence-corrected chi connectivity index (χ0v) is 12.8. The Balaban J connectivity index is 2.35. The number of hydrogen-bond acceptors (Lipinski definition) is 3. The first-order valence-electron chi connectivity index (χ1n) is 5.54. The molecule has 0 radical (unpaired) electrons. The molecule has 0 aliphatic heterocycles. The molecule has 19 heavy (non-hydrogen) atoms. The van der Waals surface area contributed by atoms with Crippen molar-refractivity contribution < 1.29 is 12.8 Å². The third-order valence-electron chi connectivity index (χ3n) is 3.44. The van der Waals surface area contributed by atoms with Gasteiger partial charge in [-0.15, -0.1) is 0 Å². The number of rotatable bonds is 3. The molecule has 1 unspecified atom stereocenters. The first-order valence-corrected chi connectivity index (χ1v) is 7.81.